The smallest absolute Gasteiger partial charge is 0.226 e. The Morgan fingerprint density at radius 1 is 1.29 bits per heavy atom. The van der Waals surface area contributed by atoms with Gasteiger partial charge in [0.05, 0.1) is 18.8 Å². The fourth-order valence-corrected chi connectivity index (χ4v) is 3.47. The average molecular weight is 288 g/mol. The van der Waals surface area contributed by atoms with Gasteiger partial charge in [0.25, 0.3) is 0 Å². The second-order valence-corrected chi connectivity index (χ2v) is 6.33. The average Bonchev–Trinajstić information content (AvgIpc) is 2.94. The van der Waals surface area contributed by atoms with Crippen LogP contribution in [0.5, 0.6) is 0 Å². The number of nitrogens with zero attached hydrogens (tertiary/aromatic N) is 1. The Hall–Kier alpha value is -1.39. The van der Waals surface area contributed by atoms with E-state index in [0.29, 0.717) is 13.2 Å². The van der Waals surface area contributed by atoms with Crippen molar-refractivity contribution >= 4 is 5.91 Å². The summed E-state index contributed by atoms with van der Waals surface area (Å²) in [6.07, 6.45) is 2.81. The molecule has 114 valence electrons. The van der Waals surface area contributed by atoms with Crippen LogP contribution in [0.15, 0.2) is 30.3 Å². The molecule has 1 saturated carbocycles. The molecule has 1 aliphatic carbocycles. The van der Waals surface area contributed by atoms with Crippen molar-refractivity contribution in [2.75, 3.05) is 13.2 Å². The lowest BCUT2D eigenvalue weighted by molar-refractivity contribution is -0.148. The van der Waals surface area contributed by atoms with Gasteiger partial charge in [0.1, 0.15) is 0 Å². The maximum atomic E-state index is 12.9. The summed E-state index contributed by atoms with van der Waals surface area (Å²) < 4.78 is 5.79. The number of carbonyl (C=O) groups excluding carboxylic acids is 1. The number of nitrogens with two attached hydrogens (primary N) is 1. The van der Waals surface area contributed by atoms with Gasteiger partial charge >= 0.3 is 0 Å². The van der Waals surface area contributed by atoms with Crippen LogP contribution in [0.25, 0.3) is 0 Å². The Kier molecular flexibility index (Phi) is 4.27. The van der Waals surface area contributed by atoms with Gasteiger partial charge in [-0.05, 0) is 31.7 Å². The third kappa shape index (κ3) is 3.11. The van der Waals surface area contributed by atoms with Crippen LogP contribution in [0.4, 0.5) is 0 Å². The molecule has 3 rings (SSSR count). The largest absolute Gasteiger partial charge is 0.374 e. The molecule has 2 N–H and O–H groups in total. The van der Waals surface area contributed by atoms with Gasteiger partial charge in [-0.2, -0.15) is 0 Å². The van der Waals surface area contributed by atoms with Crippen LogP contribution in [0.3, 0.4) is 0 Å². The predicted octanol–water partition coefficient (Wildman–Crippen LogP) is 2.10. The number of morpholine rings is 1. The van der Waals surface area contributed by atoms with Gasteiger partial charge in [-0.15, -0.1) is 0 Å². The van der Waals surface area contributed by atoms with Crippen molar-refractivity contribution < 1.29 is 9.53 Å². The standard InChI is InChI=1S/C17H24N2O2/c1-12-10-19(17(20)14-7-8-15(18)9-14)16(11-21-12)13-5-3-2-4-6-13/h2-6,12,14-16H,7-11,18H2,1H3. The van der Waals surface area contributed by atoms with Crippen molar-refractivity contribution in [2.45, 2.75) is 44.4 Å². The highest BCUT2D eigenvalue weighted by Crippen LogP contribution is 2.32. The minimum atomic E-state index is 0.0340. The minimum Gasteiger partial charge on any atom is -0.374 e. The molecule has 21 heavy (non-hydrogen) atoms. The fraction of sp³-hybridized carbons (Fsp3) is 0.588. The Morgan fingerprint density at radius 3 is 2.71 bits per heavy atom. The zero-order valence-electron chi connectivity index (χ0n) is 12.6. The maximum absolute atomic E-state index is 12.9. The number of amides is 1. The number of rotatable bonds is 2. The molecule has 0 bridgehead atoms. The normalized spacial score (nSPS) is 33.1. The van der Waals surface area contributed by atoms with E-state index in [1.54, 1.807) is 0 Å². The molecule has 2 aliphatic rings. The summed E-state index contributed by atoms with van der Waals surface area (Å²) in [5.74, 6) is 0.350. The zero-order chi connectivity index (χ0) is 14.8. The predicted molar refractivity (Wildman–Crippen MR) is 81.6 cm³/mol. The van der Waals surface area contributed by atoms with Crippen molar-refractivity contribution in [1.82, 2.24) is 4.90 Å². The van der Waals surface area contributed by atoms with E-state index in [4.69, 9.17) is 10.5 Å². The van der Waals surface area contributed by atoms with Gasteiger partial charge in [0.15, 0.2) is 0 Å². The summed E-state index contributed by atoms with van der Waals surface area (Å²) in [4.78, 5) is 14.9. The number of hydrogen-bond donors (Lipinski definition) is 1. The van der Waals surface area contributed by atoms with E-state index in [-0.39, 0.29) is 30.0 Å². The molecule has 0 aromatic heterocycles. The van der Waals surface area contributed by atoms with Crippen LogP contribution in [-0.2, 0) is 9.53 Å². The van der Waals surface area contributed by atoms with E-state index in [9.17, 15) is 4.79 Å². The van der Waals surface area contributed by atoms with Gasteiger partial charge in [0.2, 0.25) is 5.91 Å². The van der Waals surface area contributed by atoms with Gasteiger partial charge in [-0.25, -0.2) is 0 Å². The third-order valence-corrected chi connectivity index (χ3v) is 4.66. The van der Waals surface area contributed by atoms with Crippen molar-refractivity contribution in [1.29, 1.82) is 0 Å². The first kappa shape index (κ1) is 14.5. The zero-order valence-corrected chi connectivity index (χ0v) is 12.6. The van der Waals surface area contributed by atoms with Gasteiger partial charge in [-0.1, -0.05) is 30.3 Å². The first-order valence-electron chi connectivity index (χ1n) is 7.87. The molecular weight excluding hydrogens is 264 g/mol. The highest BCUT2D eigenvalue weighted by molar-refractivity contribution is 5.80. The van der Waals surface area contributed by atoms with Crippen molar-refractivity contribution in [3.63, 3.8) is 0 Å². The Bertz CT molecular complexity index is 491. The molecule has 1 amide bonds. The number of carbonyl (C=O) groups is 1. The molecule has 1 aromatic rings. The Morgan fingerprint density at radius 2 is 2.05 bits per heavy atom. The van der Waals surface area contributed by atoms with Gasteiger partial charge < -0.3 is 15.4 Å². The summed E-state index contributed by atoms with van der Waals surface area (Å²) in [6.45, 7) is 3.28. The minimum absolute atomic E-state index is 0.0340. The summed E-state index contributed by atoms with van der Waals surface area (Å²) >= 11 is 0. The van der Waals surface area contributed by atoms with Crippen molar-refractivity contribution in [3.05, 3.63) is 35.9 Å². The second-order valence-electron chi connectivity index (χ2n) is 6.33. The Labute approximate surface area is 126 Å². The lowest BCUT2D eigenvalue weighted by Crippen LogP contribution is -2.48. The monoisotopic (exact) mass is 288 g/mol. The number of hydrogen-bond acceptors (Lipinski definition) is 3. The van der Waals surface area contributed by atoms with Crippen molar-refractivity contribution in [3.8, 4) is 0 Å². The van der Waals surface area contributed by atoms with Crippen LogP contribution in [0, 0.1) is 5.92 Å². The first-order valence-corrected chi connectivity index (χ1v) is 7.87. The van der Waals surface area contributed by atoms with Gasteiger partial charge in [-0.3, -0.25) is 4.79 Å². The molecule has 1 saturated heterocycles. The SMILES string of the molecule is CC1CN(C(=O)C2CCC(N)C2)C(c2ccccc2)CO1. The maximum Gasteiger partial charge on any atom is 0.226 e. The fourth-order valence-electron chi connectivity index (χ4n) is 3.47. The van der Waals surface area contributed by atoms with Crippen molar-refractivity contribution in [2.24, 2.45) is 11.7 Å². The summed E-state index contributed by atoms with van der Waals surface area (Å²) in [6, 6.07) is 10.4. The van der Waals surface area contributed by atoms with E-state index in [0.717, 1.165) is 24.8 Å². The molecule has 4 nitrogen and oxygen atoms in total. The van der Waals surface area contributed by atoms with Crippen LogP contribution in [0.1, 0.15) is 37.8 Å². The van der Waals surface area contributed by atoms with Crippen LogP contribution < -0.4 is 5.73 Å². The molecule has 4 unspecified atom stereocenters. The molecule has 1 aromatic carbocycles. The third-order valence-electron chi connectivity index (χ3n) is 4.66. The molecule has 4 atom stereocenters. The molecule has 0 spiro atoms. The highest BCUT2D eigenvalue weighted by atomic mass is 16.5. The number of ether oxygens (including phenoxy) is 1. The topological polar surface area (TPSA) is 55.6 Å². The molecule has 1 heterocycles. The summed E-state index contributed by atoms with van der Waals surface area (Å²) in [5, 5.41) is 0. The first-order chi connectivity index (χ1) is 10.1. The molecule has 2 fully saturated rings. The van der Waals surface area contributed by atoms with E-state index in [2.05, 4.69) is 12.1 Å². The highest BCUT2D eigenvalue weighted by Gasteiger charge is 2.37. The van der Waals surface area contributed by atoms with Crippen LogP contribution in [-0.4, -0.2) is 36.1 Å². The van der Waals surface area contributed by atoms with Crippen LogP contribution in [0.2, 0.25) is 0 Å². The Balaban J connectivity index is 1.80. The summed E-state index contributed by atoms with van der Waals surface area (Å²) in [7, 11) is 0. The lowest BCUT2D eigenvalue weighted by atomic mass is 9.99. The summed E-state index contributed by atoms with van der Waals surface area (Å²) in [5.41, 5.74) is 7.12. The van der Waals surface area contributed by atoms with Crippen LogP contribution >= 0.6 is 0 Å². The molecular formula is C17H24N2O2. The van der Waals surface area contributed by atoms with E-state index < -0.39 is 0 Å². The molecule has 0 radical (unpaired) electrons. The van der Waals surface area contributed by atoms with E-state index in [1.165, 1.54) is 0 Å². The lowest BCUT2D eigenvalue weighted by Gasteiger charge is -2.40. The van der Waals surface area contributed by atoms with E-state index >= 15 is 0 Å². The molecule has 1 aliphatic heterocycles. The second kappa shape index (κ2) is 6.16. The number of benzene rings is 1. The quantitative estimate of drug-likeness (QED) is 0.906. The van der Waals surface area contributed by atoms with E-state index in [1.807, 2.05) is 30.0 Å². The van der Waals surface area contributed by atoms with Gasteiger partial charge in [0, 0.05) is 18.5 Å². The molecule has 4 heteroatoms.